The lowest BCUT2D eigenvalue weighted by atomic mass is 9.74. The maximum Gasteiger partial charge on any atom is 0.128 e. The van der Waals surface area contributed by atoms with Gasteiger partial charge in [0.1, 0.15) is 5.75 Å². The molecular weight excluding hydrogens is 406 g/mol. The number of nitrogens with zero attached hydrogens (tertiary/aromatic N) is 1. The molecule has 2 rings (SSSR count). The number of hydrogen-bond acceptors (Lipinski definition) is 4. The molecule has 2 nitrogen and oxygen atoms in total. The number of aliphatic imine (C=N–C) groups is 1. The van der Waals surface area contributed by atoms with Gasteiger partial charge in [-0.2, -0.15) is 0 Å². The highest BCUT2D eigenvalue weighted by Crippen LogP contribution is 2.37. The predicted octanol–water partition coefficient (Wildman–Crippen LogP) is 8.31. The molecule has 0 radical (unpaired) electrons. The van der Waals surface area contributed by atoms with Crippen LogP contribution in [0.25, 0.3) is 5.70 Å². The Balaban J connectivity index is 2.28. The Labute approximate surface area is 192 Å². The molecule has 0 spiro atoms. The molecule has 0 N–H and O–H groups in total. The minimum atomic E-state index is 0.476. The first-order valence-corrected chi connectivity index (χ1v) is 13.9. The average molecular weight is 446 g/mol. The molecule has 0 amide bonds. The van der Waals surface area contributed by atoms with Crippen LogP contribution >= 0.6 is 21.6 Å². The summed E-state index contributed by atoms with van der Waals surface area (Å²) in [6.07, 6.45) is 12.0. The first kappa shape index (κ1) is 25.1. The lowest BCUT2D eigenvalue weighted by Gasteiger charge is -2.32. The van der Waals surface area contributed by atoms with Crippen molar-refractivity contribution >= 4 is 33.0 Å². The van der Waals surface area contributed by atoms with Crippen molar-refractivity contribution in [2.45, 2.75) is 59.3 Å². The molecule has 2 unspecified atom stereocenters. The summed E-state index contributed by atoms with van der Waals surface area (Å²) in [7, 11) is 5.51. The fourth-order valence-corrected chi connectivity index (χ4v) is 5.97. The minimum absolute atomic E-state index is 0.476. The third kappa shape index (κ3) is 7.23. The second-order valence-corrected chi connectivity index (χ2v) is 11.0. The van der Waals surface area contributed by atoms with E-state index in [1.807, 2.05) is 33.7 Å². The number of ether oxygens (including phenoxy) is 1. The van der Waals surface area contributed by atoms with Crippen LogP contribution in [0.15, 0.2) is 47.5 Å². The first-order chi connectivity index (χ1) is 14.5. The number of benzene rings is 1. The van der Waals surface area contributed by atoms with Crippen LogP contribution in [0.3, 0.4) is 0 Å². The van der Waals surface area contributed by atoms with E-state index < -0.39 is 0 Å². The van der Waals surface area contributed by atoms with E-state index in [4.69, 9.17) is 9.73 Å². The van der Waals surface area contributed by atoms with Gasteiger partial charge >= 0.3 is 0 Å². The largest absolute Gasteiger partial charge is 0.496 e. The zero-order chi connectivity index (χ0) is 21.9. The molecule has 1 aliphatic carbocycles. The average Bonchev–Trinajstić information content (AvgIpc) is 2.79. The Morgan fingerprint density at radius 2 is 1.97 bits per heavy atom. The molecule has 1 saturated carbocycles. The predicted molar refractivity (Wildman–Crippen MR) is 139 cm³/mol. The molecule has 4 heteroatoms. The molecule has 0 bridgehead atoms. The summed E-state index contributed by atoms with van der Waals surface area (Å²) in [4.78, 5) is 5.17. The quantitative estimate of drug-likeness (QED) is 0.194. The van der Waals surface area contributed by atoms with Crippen LogP contribution < -0.4 is 4.74 Å². The van der Waals surface area contributed by atoms with E-state index in [0.717, 1.165) is 35.1 Å². The van der Waals surface area contributed by atoms with Gasteiger partial charge in [0.25, 0.3) is 0 Å². The van der Waals surface area contributed by atoms with Crippen LogP contribution in [-0.2, 0) is 0 Å². The summed E-state index contributed by atoms with van der Waals surface area (Å²) < 4.78 is 5.59. The molecule has 1 fully saturated rings. The molecule has 1 aromatic rings. The second kappa shape index (κ2) is 13.3. The van der Waals surface area contributed by atoms with Crippen LogP contribution in [0.4, 0.5) is 0 Å². The van der Waals surface area contributed by atoms with Gasteiger partial charge in [0.05, 0.1) is 12.8 Å². The van der Waals surface area contributed by atoms with Crippen LogP contribution in [-0.4, -0.2) is 24.8 Å². The maximum absolute atomic E-state index is 5.59. The Bertz CT molecular complexity index is 734. The van der Waals surface area contributed by atoms with Crippen LogP contribution in [0.1, 0.15) is 64.9 Å². The van der Waals surface area contributed by atoms with Crippen LogP contribution in [0.5, 0.6) is 5.75 Å². The summed E-state index contributed by atoms with van der Waals surface area (Å²) >= 11 is 0. The van der Waals surface area contributed by atoms with Crippen molar-refractivity contribution < 1.29 is 4.74 Å². The Kier molecular flexibility index (Phi) is 11.2. The van der Waals surface area contributed by atoms with Gasteiger partial charge in [0, 0.05) is 22.9 Å². The van der Waals surface area contributed by atoms with E-state index in [1.54, 1.807) is 7.11 Å². The number of hydrogen-bond donors (Lipinski definition) is 0. The molecule has 0 aliphatic heterocycles. The van der Waals surface area contributed by atoms with E-state index in [-0.39, 0.29) is 0 Å². The second-order valence-electron chi connectivity index (χ2n) is 8.35. The zero-order valence-corrected chi connectivity index (χ0v) is 21.1. The lowest BCUT2D eigenvalue weighted by molar-refractivity contribution is 0.294. The molecule has 1 aromatic carbocycles. The summed E-state index contributed by atoms with van der Waals surface area (Å²) in [6.45, 7) is 11.1. The van der Waals surface area contributed by atoms with Crippen molar-refractivity contribution in [3.8, 4) is 5.75 Å². The van der Waals surface area contributed by atoms with Crippen molar-refractivity contribution in [2.24, 2.45) is 22.7 Å². The van der Waals surface area contributed by atoms with Crippen LogP contribution in [0, 0.1) is 17.8 Å². The number of methoxy groups -OCH3 is 1. The number of allylic oxidation sites excluding steroid dienone is 2. The Morgan fingerprint density at radius 1 is 1.27 bits per heavy atom. The normalized spacial score (nSPS) is 18.2. The highest BCUT2D eigenvalue weighted by molar-refractivity contribution is 8.76. The Morgan fingerprint density at radius 3 is 2.60 bits per heavy atom. The smallest absolute Gasteiger partial charge is 0.128 e. The zero-order valence-electron chi connectivity index (χ0n) is 19.4. The van der Waals surface area contributed by atoms with Gasteiger partial charge < -0.3 is 4.74 Å². The van der Waals surface area contributed by atoms with E-state index in [2.05, 4.69) is 51.8 Å². The summed E-state index contributed by atoms with van der Waals surface area (Å²) in [5, 5.41) is 0. The van der Waals surface area contributed by atoms with Crippen molar-refractivity contribution in [2.75, 3.05) is 19.1 Å². The fraction of sp³-hybridized carbons (Fsp3) is 0.577. The van der Waals surface area contributed by atoms with Gasteiger partial charge in [-0.3, -0.25) is 4.99 Å². The molecular formula is C26H39NOS2. The van der Waals surface area contributed by atoms with Crippen molar-refractivity contribution in [3.05, 3.63) is 48.1 Å². The van der Waals surface area contributed by atoms with Gasteiger partial charge in [-0.15, -0.1) is 0 Å². The Hall–Kier alpha value is -1.13. The van der Waals surface area contributed by atoms with Gasteiger partial charge in [0.2, 0.25) is 0 Å². The summed E-state index contributed by atoms with van der Waals surface area (Å²) in [6, 6.07) is 8.17. The first-order valence-electron chi connectivity index (χ1n) is 11.2. The summed E-state index contributed by atoms with van der Waals surface area (Å²) in [5.74, 6) is 3.74. The highest BCUT2D eigenvalue weighted by atomic mass is 33.1. The van der Waals surface area contributed by atoms with Crippen molar-refractivity contribution in [1.29, 1.82) is 0 Å². The number of para-hydroxylation sites is 1. The maximum atomic E-state index is 5.59. The minimum Gasteiger partial charge on any atom is -0.496 e. The van der Waals surface area contributed by atoms with Crippen LogP contribution in [0.2, 0.25) is 0 Å². The van der Waals surface area contributed by atoms with E-state index in [1.165, 1.54) is 43.4 Å². The van der Waals surface area contributed by atoms with E-state index >= 15 is 0 Å². The third-order valence-electron chi connectivity index (χ3n) is 6.32. The highest BCUT2D eigenvalue weighted by Gasteiger charge is 2.27. The van der Waals surface area contributed by atoms with E-state index in [9.17, 15) is 0 Å². The fourth-order valence-electron chi connectivity index (χ4n) is 4.37. The SMILES string of the molecule is C=C(CC(C(C)=N/C(=C\C)c1ccccc1OC)C1CCCCC1)C(C)CSSC. The molecule has 2 atom stereocenters. The topological polar surface area (TPSA) is 21.6 Å². The molecule has 30 heavy (non-hydrogen) atoms. The third-order valence-corrected chi connectivity index (χ3v) is 8.31. The van der Waals surface area contributed by atoms with E-state index in [0.29, 0.717) is 11.8 Å². The standard InChI is InChI=1S/C26H39NOS2/c1-7-25(23-15-11-12-16-26(23)28-5)27-21(4)24(22-13-9-8-10-14-22)17-19(2)20(3)18-30-29-6/h7,11-12,15-16,20,22,24H,2,8-10,13-14,17-18H2,1,3-6H3/b25-7-,27-21?. The molecule has 166 valence electrons. The summed E-state index contributed by atoms with van der Waals surface area (Å²) in [5.41, 5.74) is 4.68. The number of rotatable bonds is 11. The molecule has 0 heterocycles. The lowest BCUT2D eigenvalue weighted by Crippen LogP contribution is -2.26. The van der Waals surface area contributed by atoms with Crippen molar-refractivity contribution in [3.63, 3.8) is 0 Å². The van der Waals surface area contributed by atoms with Gasteiger partial charge in [-0.25, -0.2) is 0 Å². The molecule has 0 aromatic heterocycles. The molecule has 1 aliphatic rings. The van der Waals surface area contributed by atoms with Gasteiger partial charge in [0.15, 0.2) is 0 Å². The van der Waals surface area contributed by atoms with Crippen molar-refractivity contribution in [1.82, 2.24) is 0 Å². The molecule has 0 saturated heterocycles. The van der Waals surface area contributed by atoms with Gasteiger partial charge in [-0.1, -0.05) is 78.1 Å². The monoisotopic (exact) mass is 445 g/mol. The van der Waals surface area contributed by atoms with Gasteiger partial charge in [-0.05, 0) is 63.3 Å².